The molecule has 2 nitrogen and oxygen atoms in total. The quantitative estimate of drug-likeness (QED) is 0.775. The molecule has 0 fully saturated rings. The fraction of sp³-hybridized carbons (Fsp3) is 0.250. The lowest BCUT2D eigenvalue weighted by Crippen LogP contribution is -2.20. The number of benzene rings is 1. The third kappa shape index (κ3) is 3.05. The first kappa shape index (κ1) is 10.5. The summed E-state index contributed by atoms with van der Waals surface area (Å²) in [5, 5.41) is 2.76. The van der Waals surface area contributed by atoms with Gasteiger partial charge in [-0.3, -0.25) is 4.79 Å². The average Bonchev–Trinajstić information content (AvgIpc) is 2.19. The molecule has 0 unspecified atom stereocenters. The molecule has 1 aromatic carbocycles. The van der Waals surface area contributed by atoms with Crippen LogP contribution in [-0.2, 0) is 4.79 Å². The van der Waals surface area contributed by atoms with Gasteiger partial charge < -0.3 is 5.32 Å². The molecule has 1 amide bonds. The smallest absolute Gasteiger partial charge is 0.224 e. The van der Waals surface area contributed by atoms with Gasteiger partial charge in [0, 0.05) is 12.1 Å². The normalized spacial score (nSPS) is 9.50. The van der Waals surface area contributed by atoms with Gasteiger partial charge in [-0.05, 0) is 12.0 Å². The Bertz CT molecular complexity index is 316. The van der Waals surface area contributed by atoms with Crippen molar-refractivity contribution in [3.8, 4) is 0 Å². The molecule has 0 saturated heterocycles. The molecular formula is C12H15NO. The van der Waals surface area contributed by atoms with Crippen molar-refractivity contribution in [1.82, 2.24) is 5.32 Å². The minimum Gasteiger partial charge on any atom is -0.326 e. The van der Waals surface area contributed by atoms with Crippen LogP contribution in [0.3, 0.4) is 0 Å². The number of hydrogen-bond donors (Lipinski definition) is 1. The highest BCUT2D eigenvalue weighted by molar-refractivity contribution is 5.85. The number of carbonyl (C=O) groups is 1. The van der Waals surface area contributed by atoms with E-state index in [1.165, 1.54) is 0 Å². The summed E-state index contributed by atoms with van der Waals surface area (Å²) < 4.78 is 0. The highest BCUT2D eigenvalue weighted by Gasteiger charge is 2.02. The number of carbonyl (C=O) groups excluding carboxylic acids is 1. The lowest BCUT2D eigenvalue weighted by atomic mass is 10.2. The first-order valence-corrected chi connectivity index (χ1v) is 4.78. The van der Waals surface area contributed by atoms with Crippen molar-refractivity contribution in [3.63, 3.8) is 0 Å². The highest BCUT2D eigenvalue weighted by Crippen LogP contribution is 2.08. The Morgan fingerprint density at radius 2 is 2.00 bits per heavy atom. The van der Waals surface area contributed by atoms with Crippen LogP contribution in [0.2, 0.25) is 0 Å². The van der Waals surface area contributed by atoms with Crippen LogP contribution in [0.1, 0.15) is 25.3 Å². The van der Waals surface area contributed by atoms with Gasteiger partial charge >= 0.3 is 0 Å². The van der Waals surface area contributed by atoms with Crippen molar-refractivity contribution in [2.24, 2.45) is 0 Å². The zero-order valence-electron chi connectivity index (χ0n) is 8.42. The number of amides is 1. The molecule has 0 bridgehead atoms. The van der Waals surface area contributed by atoms with Crippen molar-refractivity contribution in [2.75, 3.05) is 0 Å². The SMILES string of the molecule is C=C(NC(=O)CCC)c1ccccc1. The Balaban J connectivity index is 2.55. The zero-order valence-corrected chi connectivity index (χ0v) is 8.42. The van der Waals surface area contributed by atoms with E-state index in [-0.39, 0.29) is 5.91 Å². The minimum atomic E-state index is 0.0290. The van der Waals surface area contributed by atoms with Crippen LogP contribution >= 0.6 is 0 Å². The van der Waals surface area contributed by atoms with E-state index in [2.05, 4.69) is 11.9 Å². The van der Waals surface area contributed by atoms with Crippen LogP contribution in [0, 0.1) is 0 Å². The summed E-state index contributed by atoms with van der Waals surface area (Å²) in [6, 6.07) is 9.63. The van der Waals surface area contributed by atoms with Crippen molar-refractivity contribution in [2.45, 2.75) is 19.8 Å². The van der Waals surface area contributed by atoms with Gasteiger partial charge in [-0.2, -0.15) is 0 Å². The first-order chi connectivity index (χ1) is 6.74. The highest BCUT2D eigenvalue weighted by atomic mass is 16.1. The summed E-state index contributed by atoms with van der Waals surface area (Å²) in [6.07, 6.45) is 1.40. The molecule has 0 radical (unpaired) electrons. The summed E-state index contributed by atoms with van der Waals surface area (Å²) in [7, 11) is 0. The topological polar surface area (TPSA) is 29.1 Å². The van der Waals surface area contributed by atoms with E-state index in [0.717, 1.165) is 12.0 Å². The van der Waals surface area contributed by atoms with Gasteiger partial charge in [0.2, 0.25) is 5.91 Å². The summed E-state index contributed by atoms with van der Waals surface area (Å²) >= 11 is 0. The molecule has 74 valence electrons. The summed E-state index contributed by atoms with van der Waals surface area (Å²) in [5.41, 5.74) is 1.63. The first-order valence-electron chi connectivity index (χ1n) is 4.78. The van der Waals surface area contributed by atoms with Gasteiger partial charge in [-0.1, -0.05) is 43.8 Å². The molecule has 14 heavy (non-hydrogen) atoms. The molecule has 0 aromatic heterocycles. The van der Waals surface area contributed by atoms with E-state index in [1.54, 1.807) is 0 Å². The average molecular weight is 189 g/mol. The maximum Gasteiger partial charge on any atom is 0.224 e. The van der Waals surface area contributed by atoms with Gasteiger partial charge in [0.05, 0.1) is 0 Å². The maximum atomic E-state index is 11.3. The third-order valence-corrected chi connectivity index (χ3v) is 1.89. The molecule has 0 aliphatic heterocycles. The molecule has 0 aliphatic rings. The number of rotatable bonds is 4. The predicted octanol–water partition coefficient (Wildman–Crippen LogP) is 2.57. The standard InChI is InChI=1S/C12H15NO/c1-3-7-12(14)13-10(2)11-8-5-4-6-9-11/h4-6,8-9H,2-3,7H2,1H3,(H,13,14). The van der Waals surface area contributed by atoms with Crippen molar-refractivity contribution in [3.05, 3.63) is 42.5 Å². The van der Waals surface area contributed by atoms with E-state index in [9.17, 15) is 4.79 Å². The van der Waals surface area contributed by atoms with Gasteiger partial charge in [-0.15, -0.1) is 0 Å². The second-order valence-corrected chi connectivity index (χ2v) is 3.14. The lowest BCUT2D eigenvalue weighted by molar-refractivity contribution is -0.119. The van der Waals surface area contributed by atoms with Gasteiger partial charge in [0.25, 0.3) is 0 Å². The van der Waals surface area contributed by atoms with E-state index >= 15 is 0 Å². The summed E-state index contributed by atoms with van der Waals surface area (Å²) in [6.45, 7) is 5.79. The van der Waals surface area contributed by atoms with Gasteiger partial charge in [0.15, 0.2) is 0 Å². The van der Waals surface area contributed by atoms with Crippen molar-refractivity contribution in [1.29, 1.82) is 0 Å². The number of nitrogens with one attached hydrogen (secondary N) is 1. The lowest BCUT2D eigenvalue weighted by Gasteiger charge is -2.07. The second kappa shape index (κ2) is 5.22. The van der Waals surface area contributed by atoms with Gasteiger partial charge in [0.1, 0.15) is 0 Å². The van der Waals surface area contributed by atoms with Crippen molar-refractivity contribution < 1.29 is 4.79 Å². The van der Waals surface area contributed by atoms with Crippen LogP contribution in [0.15, 0.2) is 36.9 Å². The molecule has 1 rings (SSSR count). The van der Waals surface area contributed by atoms with Crippen LogP contribution < -0.4 is 5.32 Å². The monoisotopic (exact) mass is 189 g/mol. The zero-order chi connectivity index (χ0) is 10.4. The largest absolute Gasteiger partial charge is 0.326 e. The fourth-order valence-electron chi connectivity index (χ4n) is 1.17. The Labute approximate surface area is 84.6 Å². The summed E-state index contributed by atoms with van der Waals surface area (Å²) in [4.78, 5) is 11.3. The Hall–Kier alpha value is -1.57. The molecular weight excluding hydrogens is 174 g/mol. The van der Waals surface area contributed by atoms with E-state index < -0.39 is 0 Å². The second-order valence-electron chi connectivity index (χ2n) is 3.14. The fourth-order valence-corrected chi connectivity index (χ4v) is 1.17. The molecule has 1 N–H and O–H groups in total. The number of hydrogen-bond acceptors (Lipinski definition) is 1. The summed E-state index contributed by atoms with van der Waals surface area (Å²) in [5.74, 6) is 0.0290. The molecule has 0 saturated carbocycles. The molecule has 0 atom stereocenters. The molecule has 0 spiro atoms. The van der Waals surface area contributed by atoms with Crippen molar-refractivity contribution >= 4 is 11.6 Å². The minimum absolute atomic E-state index is 0.0290. The van der Waals surface area contributed by atoms with Crippen LogP contribution in [0.25, 0.3) is 5.70 Å². The predicted molar refractivity (Wildman–Crippen MR) is 58.5 cm³/mol. The van der Waals surface area contributed by atoms with Crippen LogP contribution in [0.5, 0.6) is 0 Å². The maximum absolute atomic E-state index is 11.3. The van der Waals surface area contributed by atoms with Crippen LogP contribution in [0.4, 0.5) is 0 Å². The van der Waals surface area contributed by atoms with Gasteiger partial charge in [-0.25, -0.2) is 0 Å². The van der Waals surface area contributed by atoms with Crippen LogP contribution in [-0.4, -0.2) is 5.91 Å². The Morgan fingerprint density at radius 3 is 2.57 bits per heavy atom. The molecule has 0 heterocycles. The van der Waals surface area contributed by atoms with E-state index in [1.807, 2.05) is 37.3 Å². The molecule has 0 aliphatic carbocycles. The Morgan fingerprint density at radius 1 is 1.36 bits per heavy atom. The third-order valence-electron chi connectivity index (χ3n) is 1.89. The molecule has 2 heteroatoms. The van der Waals surface area contributed by atoms with E-state index in [0.29, 0.717) is 12.1 Å². The van der Waals surface area contributed by atoms with E-state index in [4.69, 9.17) is 0 Å². The Kier molecular flexibility index (Phi) is 3.92. The molecule has 1 aromatic rings.